The van der Waals surface area contributed by atoms with Crippen molar-refractivity contribution < 1.29 is 4.79 Å². The second-order valence-electron chi connectivity index (χ2n) is 7.22. The molecule has 1 aromatic heterocycles. The van der Waals surface area contributed by atoms with E-state index in [0.717, 1.165) is 49.7 Å². The van der Waals surface area contributed by atoms with Crippen molar-refractivity contribution >= 4 is 27.5 Å². The van der Waals surface area contributed by atoms with Crippen LogP contribution in [0.2, 0.25) is 0 Å². The first-order valence-electron chi connectivity index (χ1n) is 9.57. The first kappa shape index (κ1) is 18.1. The van der Waals surface area contributed by atoms with E-state index in [9.17, 15) is 4.79 Å². The molecule has 0 atom stereocenters. The maximum atomic E-state index is 12.6. The van der Waals surface area contributed by atoms with E-state index in [1.807, 2.05) is 23.1 Å². The third kappa shape index (κ3) is 4.54. The number of aromatic nitrogens is 1. The fourth-order valence-electron chi connectivity index (χ4n) is 3.62. The summed E-state index contributed by atoms with van der Waals surface area (Å²) in [5.41, 5.74) is 3.69. The molecule has 3 aromatic rings. The van der Waals surface area contributed by atoms with Crippen molar-refractivity contribution in [3.05, 3.63) is 64.7 Å². The van der Waals surface area contributed by atoms with Crippen molar-refractivity contribution in [2.45, 2.75) is 26.3 Å². The van der Waals surface area contributed by atoms with Gasteiger partial charge in [-0.3, -0.25) is 9.69 Å². The summed E-state index contributed by atoms with van der Waals surface area (Å²) in [5, 5.41) is 1.06. The minimum Gasteiger partial charge on any atom is -0.340 e. The number of carbonyl (C=O) groups is 1. The van der Waals surface area contributed by atoms with Crippen molar-refractivity contribution in [3.8, 4) is 0 Å². The summed E-state index contributed by atoms with van der Waals surface area (Å²) in [6.07, 6.45) is 1.29. The first-order valence-corrected chi connectivity index (χ1v) is 10.4. The van der Waals surface area contributed by atoms with Gasteiger partial charge in [0.05, 0.1) is 15.2 Å². The van der Waals surface area contributed by atoms with Crippen LogP contribution in [0.3, 0.4) is 0 Å². The lowest BCUT2D eigenvalue weighted by atomic mass is 10.1. The average molecular weight is 380 g/mol. The molecule has 4 rings (SSSR count). The maximum absolute atomic E-state index is 12.6. The number of rotatable bonds is 5. The molecule has 0 bridgehead atoms. The Hall–Kier alpha value is -2.24. The quantitative estimate of drug-likeness (QED) is 0.675. The molecule has 1 amide bonds. The molecule has 0 radical (unpaired) electrons. The lowest BCUT2D eigenvalue weighted by molar-refractivity contribution is -0.133. The van der Waals surface area contributed by atoms with E-state index in [-0.39, 0.29) is 5.91 Å². The Morgan fingerprint density at radius 3 is 2.67 bits per heavy atom. The Kier molecular flexibility index (Phi) is 5.50. The minimum absolute atomic E-state index is 0.254. The van der Waals surface area contributed by atoms with E-state index in [2.05, 4.69) is 47.1 Å². The van der Waals surface area contributed by atoms with E-state index in [1.54, 1.807) is 11.3 Å². The molecule has 4 nitrogen and oxygen atoms in total. The summed E-state index contributed by atoms with van der Waals surface area (Å²) in [5.74, 6) is 0.254. The molecule has 0 N–H and O–H groups in total. The van der Waals surface area contributed by atoms with Gasteiger partial charge in [0, 0.05) is 45.6 Å². The Morgan fingerprint density at radius 2 is 1.89 bits per heavy atom. The van der Waals surface area contributed by atoms with Gasteiger partial charge in [-0.15, -0.1) is 11.3 Å². The van der Waals surface area contributed by atoms with Crippen LogP contribution in [0.5, 0.6) is 0 Å². The fraction of sp³-hybridized carbons (Fsp3) is 0.364. The zero-order valence-electron chi connectivity index (χ0n) is 15.7. The summed E-state index contributed by atoms with van der Waals surface area (Å²) in [4.78, 5) is 21.7. The highest BCUT2D eigenvalue weighted by atomic mass is 32.1. The number of thiazole rings is 1. The van der Waals surface area contributed by atoms with E-state index in [4.69, 9.17) is 0 Å². The van der Waals surface area contributed by atoms with E-state index < -0.39 is 0 Å². The Labute approximate surface area is 164 Å². The van der Waals surface area contributed by atoms with E-state index >= 15 is 0 Å². The molecule has 27 heavy (non-hydrogen) atoms. The van der Waals surface area contributed by atoms with Crippen LogP contribution in [0.1, 0.15) is 22.6 Å². The number of nitrogens with zero attached hydrogens (tertiary/aromatic N) is 3. The smallest absolute Gasteiger partial charge is 0.223 e. The Morgan fingerprint density at radius 1 is 1.07 bits per heavy atom. The van der Waals surface area contributed by atoms with Crippen LogP contribution in [0, 0.1) is 6.92 Å². The van der Waals surface area contributed by atoms with Crippen LogP contribution in [0.25, 0.3) is 10.2 Å². The van der Waals surface area contributed by atoms with Crippen molar-refractivity contribution in [2.75, 3.05) is 26.2 Å². The van der Waals surface area contributed by atoms with Crippen molar-refractivity contribution in [3.63, 3.8) is 0 Å². The maximum Gasteiger partial charge on any atom is 0.223 e. The third-order valence-corrected chi connectivity index (χ3v) is 6.20. The van der Waals surface area contributed by atoms with Gasteiger partial charge in [-0.25, -0.2) is 4.98 Å². The molecular formula is C22H25N3OS. The van der Waals surface area contributed by atoms with Crippen LogP contribution >= 0.6 is 11.3 Å². The standard InChI is InChI=1S/C22H25N3OS/c1-17-5-4-6-18(15-17)16-24-11-13-25(14-12-24)22(26)10-9-21-23-19-7-2-3-8-20(19)27-21/h2-8,15H,9-14,16H2,1H3. The van der Waals surface area contributed by atoms with Gasteiger partial charge in [0.2, 0.25) is 5.91 Å². The lowest BCUT2D eigenvalue weighted by Gasteiger charge is -2.34. The van der Waals surface area contributed by atoms with Crippen LogP contribution in [-0.4, -0.2) is 46.9 Å². The molecule has 0 aliphatic carbocycles. The highest BCUT2D eigenvalue weighted by molar-refractivity contribution is 7.18. The zero-order chi connectivity index (χ0) is 18.6. The molecule has 1 aliphatic heterocycles. The van der Waals surface area contributed by atoms with Gasteiger partial charge in [-0.2, -0.15) is 0 Å². The molecule has 0 saturated carbocycles. The van der Waals surface area contributed by atoms with Gasteiger partial charge in [-0.1, -0.05) is 42.0 Å². The summed E-state index contributed by atoms with van der Waals surface area (Å²) < 4.78 is 1.20. The van der Waals surface area contributed by atoms with Crippen LogP contribution < -0.4 is 0 Å². The number of para-hydroxylation sites is 1. The highest BCUT2D eigenvalue weighted by Crippen LogP contribution is 2.22. The second kappa shape index (κ2) is 8.19. The lowest BCUT2D eigenvalue weighted by Crippen LogP contribution is -2.48. The predicted octanol–water partition coefficient (Wildman–Crippen LogP) is 3.88. The predicted molar refractivity (Wildman–Crippen MR) is 111 cm³/mol. The number of hydrogen-bond acceptors (Lipinski definition) is 4. The molecule has 140 valence electrons. The van der Waals surface area contributed by atoms with Crippen LogP contribution in [0.4, 0.5) is 0 Å². The van der Waals surface area contributed by atoms with Gasteiger partial charge in [0.1, 0.15) is 0 Å². The minimum atomic E-state index is 0.254. The number of piperazine rings is 1. The average Bonchev–Trinajstić information content (AvgIpc) is 3.10. The molecule has 2 heterocycles. The molecule has 1 fully saturated rings. The van der Waals surface area contributed by atoms with Crippen molar-refractivity contribution in [1.82, 2.24) is 14.8 Å². The molecule has 0 unspecified atom stereocenters. The summed E-state index contributed by atoms with van der Waals surface area (Å²) >= 11 is 1.70. The zero-order valence-corrected chi connectivity index (χ0v) is 16.5. The number of hydrogen-bond donors (Lipinski definition) is 0. The summed E-state index contributed by atoms with van der Waals surface area (Å²) in [7, 11) is 0. The molecule has 2 aromatic carbocycles. The second-order valence-corrected chi connectivity index (χ2v) is 8.34. The van der Waals surface area contributed by atoms with Gasteiger partial charge >= 0.3 is 0 Å². The van der Waals surface area contributed by atoms with E-state index in [0.29, 0.717) is 6.42 Å². The molecule has 5 heteroatoms. The molecule has 0 spiro atoms. The monoisotopic (exact) mass is 379 g/mol. The fourth-order valence-corrected chi connectivity index (χ4v) is 4.59. The largest absolute Gasteiger partial charge is 0.340 e. The number of aryl methyl sites for hydroxylation is 2. The van der Waals surface area contributed by atoms with E-state index in [1.165, 1.54) is 15.8 Å². The number of benzene rings is 2. The summed E-state index contributed by atoms with van der Waals surface area (Å²) in [6, 6.07) is 16.8. The number of carbonyl (C=O) groups excluding carboxylic acids is 1. The topological polar surface area (TPSA) is 36.4 Å². The van der Waals surface area contributed by atoms with Crippen molar-refractivity contribution in [1.29, 1.82) is 0 Å². The Balaban J connectivity index is 1.25. The van der Waals surface area contributed by atoms with Gasteiger partial charge in [0.25, 0.3) is 0 Å². The Bertz CT molecular complexity index is 895. The SMILES string of the molecule is Cc1cccc(CN2CCN(C(=O)CCc3nc4ccccc4s3)CC2)c1. The van der Waals surface area contributed by atoms with Crippen molar-refractivity contribution in [2.24, 2.45) is 0 Å². The van der Waals surface area contributed by atoms with Gasteiger partial charge in [0.15, 0.2) is 0 Å². The van der Waals surface area contributed by atoms with Crippen LogP contribution in [0.15, 0.2) is 48.5 Å². The first-order chi connectivity index (χ1) is 13.2. The molecule has 1 saturated heterocycles. The van der Waals surface area contributed by atoms with Crippen LogP contribution in [-0.2, 0) is 17.8 Å². The third-order valence-electron chi connectivity index (χ3n) is 5.10. The highest BCUT2D eigenvalue weighted by Gasteiger charge is 2.21. The summed E-state index contributed by atoms with van der Waals surface area (Å²) in [6.45, 7) is 6.64. The molecule has 1 aliphatic rings. The molecular weight excluding hydrogens is 354 g/mol. The number of fused-ring (bicyclic) bond motifs is 1. The van der Waals surface area contributed by atoms with Gasteiger partial charge < -0.3 is 4.90 Å². The normalized spacial score (nSPS) is 15.4. The van der Waals surface area contributed by atoms with Gasteiger partial charge in [-0.05, 0) is 24.6 Å². The number of amides is 1.